The zero-order valence-corrected chi connectivity index (χ0v) is 19.5. The fraction of sp³-hybridized carbons (Fsp3) is 0.292. The van der Waals surface area contributed by atoms with E-state index in [0.29, 0.717) is 25.3 Å². The summed E-state index contributed by atoms with van der Waals surface area (Å²) in [4.78, 5) is 31.1. The van der Waals surface area contributed by atoms with Crippen LogP contribution in [0, 0.1) is 6.92 Å². The third kappa shape index (κ3) is 5.83. The predicted octanol–water partition coefficient (Wildman–Crippen LogP) is 4.53. The van der Waals surface area contributed by atoms with Crippen molar-refractivity contribution in [1.82, 2.24) is 15.2 Å². The van der Waals surface area contributed by atoms with Crippen LogP contribution in [-0.2, 0) is 11.4 Å². The van der Waals surface area contributed by atoms with Crippen LogP contribution in [0.15, 0.2) is 52.5 Å². The SMILES string of the molecule is Cc1nc(COc2ccccc2/C=C/C(=O)N2CCC(NC(=O)c3ccsc3)CC2)cs1. The van der Waals surface area contributed by atoms with E-state index in [1.165, 1.54) is 11.3 Å². The second-order valence-corrected chi connectivity index (χ2v) is 9.45. The lowest BCUT2D eigenvalue weighted by atomic mass is 10.0. The van der Waals surface area contributed by atoms with E-state index in [9.17, 15) is 9.59 Å². The van der Waals surface area contributed by atoms with Crippen LogP contribution < -0.4 is 10.1 Å². The molecule has 3 heterocycles. The predicted molar refractivity (Wildman–Crippen MR) is 128 cm³/mol. The van der Waals surface area contributed by atoms with Gasteiger partial charge in [-0.2, -0.15) is 11.3 Å². The standard InChI is InChI=1S/C24H25N3O3S2/c1-17-25-21(16-32-17)14-30-22-5-3-2-4-18(22)6-7-23(28)27-11-8-20(9-12-27)26-24(29)19-10-13-31-15-19/h2-7,10,13,15-16,20H,8-9,11-12,14H2,1H3,(H,26,29)/b7-6+. The summed E-state index contributed by atoms with van der Waals surface area (Å²) < 4.78 is 5.92. The van der Waals surface area contributed by atoms with E-state index < -0.39 is 0 Å². The number of aryl methyl sites for hydroxylation is 1. The molecule has 0 radical (unpaired) electrons. The van der Waals surface area contributed by atoms with E-state index in [0.717, 1.165) is 34.9 Å². The molecule has 4 rings (SSSR count). The second kappa shape index (κ2) is 10.6. The molecule has 0 aliphatic carbocycles. The van der Waals surface area contributed by atoms with Gasteiger partial charge in [-0.3, -0.25) is 9.59 Å². The van der Waals surface area contributed by atoms with Crippen LogP contribution in [0.4, 0.5) is 0 Å². The maximum atomic E-state index is 12.7. The Balaban J connectivity index is 1.29. The lowest BCUT2D eigenvalue weighted by Gasteiger charge is -2.31. The molecule has 0 bridgehead atoms. The van der Waals surface area contributed by atoms with Gasteiger partial charge in [0.1, 0.15) is 12.4 Å². The number of nitrogens with zero attached hydrogens (tertiary/aromatic N) is 2. The first-order valence-electron chi connectivity index (χ1n) is 10.5. The first kappa shape index (κ1) is 22.2. The highest BCUT2D eigenvalue weighted by Crippen LogP contribution is 2.22. The summed E-state index contributed by atoms with van der Waals surface area (Å²) in [5, 5.41) is 9.81. The molecule has 166 valence electrons. The van der Waals surface area contributed by atoms with Gasteiger partial charge in [0.05, 0.1) is 10.7 Å². The molecule has 0 unspecified atom stereocenters. The van der Waals surface area contributed by atoms with Crippen LogP contribution in [0.3, 0.4) is 0 Å². The van der Waals surface area contributed by atoms with Crippen molar-refractivity contribution in [2.45, 2.75) is 32.4 Å². The normalized spacial score (nSPS) is 14.6. The summed E-state index contributed by atoms with van der Waals surface area (Å²) in [5.74, 6) is 0.648. The molecule has 32 heavy (non-hydrogen) atoms. The summed E-state index contributed by atoms with van der Waals surface area (Å²) >= 11 is 3.11. The smallest absolute Gasteiger partial charge is 0.252 e. The van der Waals surface area contributed by atoms with Crippen molar-refractivity contribution in [1.29, 1.82) is 0 Å². The maximum absolute atomic E-state index is 12.7. The quantitative estimate of drug-likeness (QED) is 0.519. The fourth-order valence-electron chi connectivity index (χ4n) is 3.55. The van der Waals surface area contributed by atoms with Gasteiger partial charge in [-0.05, 0) is 43.4 Å². The lowest BCUT2D eigenvalue weighted by Crippen LogP contribution is -2.46. The van der Waals surface area contributed by atoms with Crippen LogP contribution >= 0.6 is 22.7 Å². The fourth-order valence-corrected chi connectivity index (χ4v) is 4.78. The number of rotatable bonds is 7. The molecule has 8 heteroatoms. The Labute approximate surface area is 195 Å². The molecule has 1 fully saturated rings. The molecule has 0 saturated carbocycles. The van der Waals surface area contributed by atoms with Crippen LogP contribution in [0.1, 0.15) is 39.5 Å². The highest BCUT2D eigenvalue weighted by Gasteiger charge is 2.23. The van der Waals surface area contributed by atoms with Crippen molar-refractivity contribution in [3.8, 4) is 5.75 Å². The number of thiazole rings is 1. The summed E-state index contributed by atoms with van der Waals surface area (Å²) in [7, 11) is 0. The molecule has 3 aromatic rings. The van der Waals surface area contributed by atoms with E-state index in [2.05, 4.69) is 10.3 Å². The highest BCUT2D eigenvalue weighted by molar-refractivity contribution is 7.09. The van der Waals surface area contributed by atoms with Gasteiger partial charge in [-0.25, -0.2) is 4.98 Å². The van der Waals surface area contributed by atoms with Crippen LogP contribution in [-0.4, -0.2) is 40.8 Å². The van der Waals surface area contributed by atoms with E-state index in [-0.39, 0.29) is 17.9 Å². The van der Waals surface area contributed by atoms with Gasteiger partial charge in [-0.1, -0.05) is 18.2 Å². The van der Waals surface area contributed by atoms with Gasteiger partial charge in [0.15, 0.2) is 0 Å². The number of aromatic nitrogens is 1. The number of carbonyl (C=O) groups excluding carboxylic acids is 2. The van der Waals surface area contributed by atoms with E-state index >= 15 is 0 Å². The topological polar surface area (TPSA) is 71.5 Å². The lowest BCUT2D eigenvalue weighted by molar-refractivity contribution is -0.126. The number of nitrogens with one attached hydrogen (secondary N) is 1. The van der Waals surface area contributed by atoms with Gasteiger partial charge in [0, 0.05) is 47.1 Å². The Morgan fingerprint density at radius 1 is 1.22 bits per heavy atom. The van der Waals surface area contributed by atoms with E-state index in [4.69, 9.17) is 4.74 Å². The Hall–Kier alpha value is -2.97. The minimum atomic E-state index is -0.0414. The number of benzene rings is 1. The average molecular weight is 468 g/mol. The molecule has 1 aliphatic rings. The number of likely N-dealkylation sites (tertiary alicyclic amines) is 1. The molecule has 0 spiro atoms. The van der Waals surface area contributed by atoms with Crippen molar-refractivity contribution < 1.29 is 14.3 Å². The molecule has 1 saturated heterocycles. The van der Waals surface area contributed by atoms with E-state index in [1.807, 2.05) is 58.3 Å². The van der Waals surface area contributed by atoms with Gasteiger partial charge in [-0.15, -0.1) is 11.3 Å². The number of hydrogen-bond donors (Lipinski definition) is 1. The summed E-state index contributed by atoms with van der Waals surface area (Å²) in [5.41, 5.74) is 2.45. The molecule has 1 N–H and O–H groups in total. The number of hydrogen-bond acceptors (Lipinski definition) is 6. The minimum absolute atomic E-state index is 0.0301. The van der Waals surface area contributed by atoms with Crippen LogP contribution in [0.25, 0.3) is 6.08 Å². The minimum Gasteiger partial charge on any atom is -0.487 e. The van der Waals surface area contributed by atoms with Crippen LogP contribution in [0.5, 0.6) is 5.75 Å². The van der Waals surface area contributed by atoms with Crippen molar-refractivity contribution >= 4 is 40.6 Å². The molecular formula is C24H25N3O3S2. The number of carbonyl (C=O) groups is 2. The van der Waals surface area contributed by atoms with Crippen molar-refractivity contribution in [2.75, 3.05) is 13.1 Å². The van der Waals surface area contributed by atoms with Crippen molar-refractivity contribution in [3.05, 3.63) is 74.4 Å². The summed E-state index contributed by atoms with van der Waals surface area (Å²) in [6, 6.07) is 9.58. The van der Waals surface area contributed by atoms with Gasteiger partial charge >= 0.3 is 0 Å². The van der Waals surface area contributed by atoms with E-state index in [1.54, 1.807) is 23.5 Å². The Kier molecular flexibility index (Phi) is 7.34. The number of thiophene rings is 1. The van der Waals surface area contributed by atoms with Gasteiger partial charge in [0.25, 0.3) is 5.91 Å². The molecule has 1 aliphatic heterocycles. The zero-order chi connectivity index (χ0) is 22.3. The summed E-state index contributed by atoms with van der Waals surface area (Å²) in [6.45, 7) is 3.61. The highest BCUT2D eigenvalue weighted by atomic mass is 32.1. The molecule has 6 nitrogen and oxygen atoms in total. The largest absolute Gasteiger partial charge is 0.487 e. The molecule has 2 amide bonds. The number of amides is 2. The first-order chi connectivity index (χ1) is 15.6. The van der Waals surface area contributed by atoms with Crippen LogP contribution in [0.2, 0.25) is 0 Å². The first-order valence-corrected chi connectivity index (χ1v) is 12.3. The molecule has 2 aromatic heterocycles. The molecular weight excluding hydrogens is 442 g/mol. The Bertz CT molecular complexity index is 1080. The summed E-state index contributed by atoms with van der Waals surface area (Å²) in [6.07, 6.45) is 4.90. The van der Waals surface area contributed by atoms with Gasteiger partial charge in [0.2, 0.25) is 5.91 Å². The molecule has 0 atom stereocenters. The zero-order valence-electron chi connectivity index (χ0n) is 17.8. The van der Waals surface area contributed by atoms with Crippen molar-refractivity contribution in [3.63, 3.8) is 0 Å². The van der Waals surface area contributed by atoms with Gasteiger partial charge < -0.3 is 15.0 Å². The second-order valence-electron chi connectivity index (χ2n) is 7.60. The number of para-hydroxylation sites is 1. The third-order valence-electron chi connectivity index (χ3n) is 5.29. The average Bonchev–Trinajstić information content (AvgIpc) is 3.49. The maximum Gasteiger partial charge on any atom is 0.252 e. The Morgan fingerprint density at radius 2 is 2.03 bits per heavy atom. The number of piperidine rings is 1. The Morgan fingerprint density at radius 3 is 2.75 bits per heavy atom. The number of ether oxygens (including phenoxy) is 1. The third-order valence-corrected chi connectivity index (χ3v) is 6.80. The monoisotopic (exact) mass is 467 g/mol. The van der Waals surface area contributed by atoms with Crippen molar-refractivity contribution in [2.24, 2.45) is 0 Å². The molecule has 1 aromatic carbocycles.